The van der Waals surface area contributed by atoms with E-state index in [4.69, 9.17) is 16.3 Å². The van der Waals surface area contributed by atoms with Gasteiger partial charge in [0.15, 0.2) is 0 Å². The maximum atomic E-state index is 5.95. The van der Waals surface area contributed by atoms with Crippen LogP contribution >= 0.6 is 11.6 Å². The van der Waals surface area contributed by atoms with Gasteiger partial charge >= 0.3 is 0 Å². The van der Waals surface area contributed by atoms with E-state index in [-0.39, 0.29) is 0 Å². The Morgan fingerprint density at radius 2 is 2.19 bits per heavy atom. The Morgan fingerprint density at radius 1 is 1.38 bits per heavy atom. The second-order valence-electron chi connectivity index (χ2n) is 3.52. The third-order valence-electron chi connectivity index (χ3n) is 2.31. The number of halogens is 1. The van der Waals surface area contributed by atoms with E-state index in [1.165, 1.54) is 0 Å². The van der Waals surface area contributed by atoms with E-state index >= 15 is 0 Å². The van der Waals surface area contributed by atoms with E-state index in [0.717, 1.165) is 35.7 Å². The Hall–Kier alpha value is -0.990. The molecule has 0 heterocycles. The summed E-state index contributed by atoms with van der Waals surface area (Å²) in [5.41, 5.74) is 1.12. The topological polar surface area (TPSA) is 21.3 Å². The SMILES string of the molecule is CNCCC=CCc1cc(Cl)ccc1OC. The fraction of sp³-hybridized carbons (Fsp3) is 0.385. The highest BCUT2D eigenvalue weighted by Crippen LogP contribution is 2.23. The minimum absolute atomic E-state index is 0.749. The zero-order valence-electron chi connectivity index (χ0n) is 9.79. The number of hydrogen-bond donors (Lipinski definition) is 1. The first-order chi connectivity index (χ1) is 7.77. The van der Waals surface area contributed by atoms with E-state index in [2.05, 4.69) is 17.5 Å². The van der Waals surface area contributed by atoms with Crippen molar-refractivity contribution in [2.24, 2.45) is 0 Å². The predicted octanol–water partition coefficient (Wildman–Crippen LogP) is 3.06. The fourth-order valence-corrected chi connectivity index (χ4v) is 1.66. The minimum Gasteiger partial charge on any atom is -0.496 e. The van der Waals surface area contributed by atoms with Gasteiger partial charge < -0.3 is 10.1 Å². The Balaban J connectivity index is 2.58. The molecule has 0 spiro atoms. The smallest absolute Gasteiger partial charge is 0.122 e. The van der Waals surface area contributed by atoms with Gasteiger partial charge in [-0.25, -0.2) is 0 Å². The first kappa shape index (κ1) is 13.1. The van der Waals surface area contributed by atoms with Crippen molar-refractivity contribution in [1.82, 2.24) is 5.32 Å². The van der Waals surface area contributed by atoms with Crippen molar-refractivity contribution in [3.8, 4) is 5.75 Å². The van der Waals surface area contributed by atoms with Gasteiger partial charge in [0.25, 0.3) is 0 Å². The third-order valence-corrected chi connectivity index (χ3v) is 2.54. The van der Waals surface area contributed by atoms with Crippen molar-refractivity contribution >= 4 is 11.6 Å². The Bertz CT molecular complexity index is 350. The van der Waals surface area contributed by atoms with Crippen molar-refractivity contribution in [1.29, 1.82) is 0 Å². The number of benzene rings is 1. The van der Waals surface area contributed by atoms with E-state index < -0.39 is 0 Å². The number of allylic oxidation sites excluding steroid dienone is 1. The van der Waals surface area contributed by atoms with Crippen LogP contribution in [0.15, 0.2) is 30.4 Å². The molecule has 16 heavy (non-hydrogen) atoms. The van der Waals surface area contributed by atoms with Gasteiger partial charge in [-0.1, -0.05) is 23.8 Å². The van der Waals surface area contributed by atoms with E-state index in [1.54, 1.807) is 7.11 Å². The molecule has 0 aromatic heterocycles. The molecule has 0 aliphatic heterocycles. The monoisotopic (exact) mass is 239 g/mol. The number of hydrogen-bond acceptors (Lipinski definition) is 2. The summed E-state index contributed by atoms with van der Waals surface area (Å²) in [7, 11) is 3.63. The van der Waals surface area contributed by atoms with Crippen LogP contribution in [0, 0.1) is 0 Å². The maximum Gasteiger partial charge on any atom is 0.122 e. The highest BCUT2D eigenvalue weighted by atomic mass is 35.5. The summed E-state index contributed by atoms with van der Waals surface area (Å²) in [5, 5.41) is 3.85. The molecule has 0 atom stereocenters. The van der Waals surface area contributed by atoms with Gasteiger partial charge in [0, 0.05) is 5.02 Å². The Kier molecular flexibility index (Phi) is 5.98. The number of methoxy groups -OCH3 is 1. The Labute approximate surface area is 102 Å². The molecule has 2 nitrogen and oxygen atoms in total. The summed E-state index contributed by atoms with van der Waals surface area (Å²) in [5.74, 6) is 0.891. The van der Waals surface area contributed by atoms with Crippen molar-refractivity contribution in [2.75, 3.05) is 20.7 Å². The predicted molar refractivity (Wildman–Crippen MR) is 69.4 cm³/mol. The summed E-state index contributed by atoms with van der Waals surface area (Å²) in [6.45, 7) is 1.00. The maximum absolute atomic E-state index is 5.95. The molecule has 0 bridgehead atoms. The van der Waals surface area contributed by atoms with Gasteiger partial charge in [-0.05, 0) is 50.2 Å². The van der Waals surface area contributed by atoms with Crippen molar-refractivity contribution in [3.63, 3.8) is 0 Å². The van der Waals surface area contributed by atoms with Crippen molar-refractivity contribution in [2.45, 2.75) is 12.8 Å². The van der Waals surface area contributed by atoms with Crippen LogP contribution in [0.1, 0.15) is 12.0 Å². The van der Waals surface area contributed by atoms with Gasteiger partial charge in [-0.15, -0.1) is 0 Å². The zero-order valence-corrected chi connectivity index (χ0v) is 10.6. The molecular formula is C13H18ClNO. The van der Waals surface area contributed by atoms with Crippen LogP contribution in [0.5, 0.6) is 5.75 Å². The lowest BCUT2D eigenvalue weighted by Gasteiger charge is -2.06. The summed E-state index contributed by atoms with van der Waals surface area (Å²) < 4.78 is 5.27. The van der Waals surface area contributed by atoms with Crippen molar-refractivity contribution < 1.29 is 4.74 Å². The average Bonchev–Trinajstić information content (AvgIpc) is 2.29. The highest BCUT2D eigenvalue weighted by Gasteiger charge is 2.01. The quantitative estimate of drug-likeness (QED) is 0.609. The second-order valence-corrected chi connectivity index (χ2v) is 3.96. The molecule has 0 unspecified atom stereocenters. The van der Waals surface area contributed by atoms with Gasteiger partial charge in [0.2, 0.25) is 0 Å². The molecule has 0 fully saturated rings. The molecule has 0 aliphatic carbocycles. The summed E-state index contributed by atoms with van der Waals surface area (Å²) in [6.07, 6.45) is 6.20. The third kappa shape index (κ3) is 4.25. The van der Waals surface area contributed by atoms with E-state index in [0.29, 0.717) is 0 Å². The largest absolute Gasteiger partial charge is 0.496 e. The van der Waals surface area contributed by atoms with Crippen LogP contribution in [-0.4, -0.2) is 20.7 Å². The number of rotatable bonds is 6. The van der Waals surface area contributed by atoms with Gasteiger partial charge in [0.05, 0.1) is 7.11 Å². The van der Waals surface area contributed by atoms with E-state index in [9.17, 15) is 0 Å². The lowest BCUT2D eigenvalue weighted by molar-refractivity contribution is 0.410. The van der Waals surface area contributed by atoms with E-state index in [1.807, 2.05) is 25.2 Å². The van der Waals surface area contributed by atoms with Gasteiger partial charge in [0.1, 0.15) is 5.75 Å². The minimum atomic E-state index is 0.749. The van der Waals surface area contributed by atoms with Crippen LogP contribution in [0.25, 0.3) is 0 Å². The molecule has 1 aromatic carbocycles. The first-order valence-corrected chi connectivity index (χ1v) is 5.77. The molecular weight excluding hydrogens is 222 g/mol. The fourth-order valence-electron chi connectivity index (χ4n) is 1.46. The second kappa shape index (κ2) is 7.31. The van der Waals surface area contributed by atoms with Crippen LogP contribution in [0.4, 0.5) is 0 Å². The normalized spacial score (nSPS) is 10.9. The highest BCUT2D eigenvalue weighted by molar-refractivity contribution is 6.30. The molecule has 0 saturated carbocycles. The van der Waals surface area contributed by atoms with Crippen LogP contribution in [-0.2, 0) is 6.42 Å². The lowest BCUT2D eigenvalue weighted by atomic mass is 10.1. The Morgan fingerprint density at radius 3 is 2.88 bits per heavy atom. The first-order valence-electron chi connectivity index (χ1n) is 5.40. The van der Waals surface area contributed by atoms with Crippen LogP contribution < -0.4 is 10.1 Å². The molecule has 88 valence electrons. The summed E-state index contributed by atoms with van der Waals surface area (Å²) in [4.78, 5) is 0. The van der Waals surface area contributed by atoms with Gasteiger partial charge in [-0.2, -0.15) is 0 Å². The average molecular weight is 240 g/mol. The zero-order chi connectivity index (χ0) is 11.8. The number of ether oxygens (including phenoxy) is 1. The lowest BCUT2D eigenvalue weighted by Crippen LogP contribution is -2.05. The molecule has 0 aliphatic rings. The molecule has 1 aromatic rings. The molecule has 0 amide bonds. The van der Waals surface area contributed by atoms with Crippen molar-refractivity contribution in [3.05, 3.63) is 40.9 Å². The molecule has 1 rings (SSSR count). The number of nitrogens with one attached hydrogen (secondary N) is 1. The standard InChI is InChI=1S/C13H18ClNO/c1-15-9-5-3-4-6-11-10-12(14)7-8-13(11)16-2/h3-4,7-8,10,15H,5-6,9H2,1-2H3. The molecule has 1 N–H and O–H groups in total. The molecule has 0 radical (unpaired) electrons. The van der Waals surface area contributed by atoms with Crippen LogP contribution in [0.2, 0.25) is 5.02 Å². The summed E-state index contributed by atoms with van der Waals surface area (Å²) >= 11 is 5.95. The van der Waals surface area contributed by atoms with Crippen LogP contribution in [0.3, 0.4) is 0 Å². The molecule has 3 heteroatoms. The van der Waals surface area contributed by atoms with Gasteiger partial charge in [-0.3, -0.25) is 0 Å². The molecule has 0 saturated heterocycles. The summed E-state index contributed by atoms with van der Waals surface area (Å²) in [6, 6.07) is 5.69.